The summed E-state index contributed by atoms with van der Waals surface area (Å²) in [5, 5.41) is 23.7. The van der Waals surface area contributed by atoms with Gasteiger partial charge in [0.1, 0.15) is 0 Å². The Morgan fingerprint density at radius 1 is 0.833 bits per heavy atom. The van der Waals surface area contributed by atoms with Crippen LogP contribution in [0.3, 0.4) is 0 Å². The van der Waals surface area contributed by atoms with E-state index in [9.17, 15) is 4.79 Å². The Bertz CT molecular complexity index is 1170. The number of rotatable bonds is 14. The van der Waals surface area contributed by atoms with Crippen LogP contribution < -0.4 is 18.9 Å². The number of carboxylic acids is 2. The zero-order chi connectivity index (χ0) is 31.1. The van der Waals surface area contributed by atoms with Crippen molar-refractivity contribution < 1.29 is 53.4 Å². The van der Waals surface area contributed by atoms with Crippen LogP contribution in [0.15, 0.2) is 30.3 Å². The highest BCUT2D eigenvalue weighted by atomic mass is 16.5. The van der Waals surface area contributed by atoms with Gasteiger partial charge in [0, 0.05) is 25.7 Å². The molecule has 12 nitrogen and oxygen atoms in total. The van der Waals surface area contributed by atoms with Gasteiger partial charge in [-0.05, 0) is 73.1 Å². The number of nitrogens with zero attached hydrogens (tertiary/aromatic N) is 1. The predicted molar refractivity (Wildman–Crippen MR) is 153 cm³/mol. The third-order valence-electron chi connectivity index (χ3n) is 6.84. The summed E-state index contributed by atoms with van der Waals surface area (Å²) in [5.41, 5.74) is 3.50. The molecule has 0 aromatic heterocycles. The van der Waals surface area contributed by atoms with E-state index in [1.165, 1.54) is 11.1 Å². The first-order chi connectivity index (χ1) is 20.2. The van der Waals surface area contributed by atoms with Gasteiger partial charge in [0.05, 0.1) is 41.5 Å². The Kier molecular flexibility index (Phi) is 14.4. The summed E-state index contributed by atoms with van der Waals surface area (Å²) in [7, 11) is 6.55. The van der Waals surface area contributed by atoms with Crippen molar-refractivity contribution in [3.63, 3.8) is 0 Å². The van der Waals surface area contributed by atoms with Crippen molar-refractivity contribution in [2.24, 2.45) is 0 Å². The molecule has 12 heteroatoms. The number of unbranched alkanes of at least 4 members (excludes halogenated alkanes) is 2. The fraction of sp³-hybridized carbons (Fsp3) is 0.500. The molecular weight excluding hydrogens is 550 g/mol. The number of hydrogen-bond acceptors (Lipinski definition) is 10. The maximum absolute atomic E-state index is 12.4. The van der Waals surface area contributed by atoms with Crippen molar-refractivity contribution in [2.45, 2.75) is 44.6 Å². The quantitative estimate of drug-likeness (QED) is 0.167. The minimum absolute atomic E-state index is 0.0454. The van der Waals surface area contributed by atoms with Gasteiger partial charge >= 0.3 is 17.9 Å². The molecule has 1 unspecified atom stereocenters. The molecule has 42 heavy (non-hydrogen) atoms. The number of carbonyl (C=O) groups is 3. The fourth-order valence-corrected chi connectivity index (χ4v) is 4.70. The maximum Gasteiger partial charge on any atom is 0.414 e. The molecule has 0 aliphatic carbocycles. The van der Waals surface area contributed by atoms with Crippen LogP contribution in [-0.4, -0.2) is 92.9 Å². The van der Waals surface area contributed by atoms with Crippen LogP contribution in [0.4, 0.5) is 0 Å². The van der Waals surface area contributed by atoms with E-state index < -0.39 is 11.9 Å². The van der Waals surface area contributed by atoms with Crippen molar-refractivity contribution in [1.82, 2.24) is 4.90 Å². The number of hydrogen-bond donors (Lipinski definition) is 3. The van der Waals surface area contributed by atoms with E-state index >= 15 is 0 Å². The number of ether oxygens (including phenoxy) is 5. The smallest absolute Gasteiger partial charge is 0.414 e. The molecule has 1 atom stereocenters. The number of esters is 1. The number of aliphatic hydroxyl groups excluding tert-OH is 1. The second kappa shape index (κ2) is 17.7. The Morgan fingerprint density at radius 3 is 2.05 bits per heavy atom. The number of aliphatic carboxylic acids is 2. The minimum Gasteiger partial charge on any atom is -0.493 e. The van der Waals surface area contributed by atoms with E-state index in [1.807, 2.05) is 12.1 Å². The molecule has 0 radical (unpaired) electrons. The van der Waals surface area contributed by atoms with Crippen LogP contribution in [0.5, 0.6) is 23.0 Å². The average Bonchev–Trinajstić information content (AvgIpc) is 2.99. The molecule has 0 spiro atoms. The lowest BCUT2D eigenvalue weighted by Gasteiger charge is -2.38. The van der Waals surface area contributed by atoms with Gasteiger partial charge in [-0.2, -0.15) is 0 Å². The summed E-state index contributed by atoms with van der Waals surface area (Å²) < 4.78 is 27.5. The van der Waals surface area contributed by atoms with Crippen molar-refractivity contribution in [3.05, 3.63) is 47.0 Å². The second-order valence-electron chi connectivity index (χ2n) is 9.47. The number of benzene rings is 2. The first-order valence-corrected chi connectivity index (χ1v) is 13.6. The van der Waals surface area contributed by atoms with Gasteiger partial charge in [-0.1, -0.05) is 6.07 Å². The van der Waals surface area contributed by atoms with Gasteiger partial charge in [-0.3, -0.25) is 9.69 Å². The largest absolute Gasteiger partial charge is 0.493 e. The lowest BCUT2D eigenvalue weighted by molar-refractivity contribution is -0.159. The molecule has 3 rings (SSSR count). The molecule has 1 aliphatic rings. The zero-order valence-corrected chi connectivity index (χ0v) is 24.6. The van der Waals surface area contributed by atoms with Gasteiger partial charge in [-0.15, -0.1) is 0 Å². The molecule has 0 bridgehead atoms. The van der Waals surface area contributed by atoms with Crippen LogP contribution >= 0.6 is 0 Å². The molecule has 232 valence electrons. The van der Waals surface area contributed by atoms with Crippen LogP contribution in [0.2, 0.25) is 0 Å². The molecule has 0 fully saturated rings. The second-order valence-corrected chi connectivity index (χ2v) is 9.47. The van der Waals surface area contributed by atoms with Gasteiger partial charge in [0.15, 0.2) is 23.0 Å². The lowest BCUT2D eigenvalue weighted by Crippen LogP contribution is -2.38. The SMILES string of the molecule is COc1ccc(CC2c3cc(OC)c(OC)cc3CCN2CCC(=O)OCCCCCO)cc1OC.O=C(O)C(=O)O. The number of carbonyl (C=O) groups excluding carboxylic acids is 1. The summed E-state index contributed by atoms with van der Waals surface area (Å²) in [6, 6.07) is 10.1. The standard InChI is InChI=1S/C28H39NO7.C2H2O4/c1-32-24-9-8-20(17-25(24)33-2)16-23-22-19-27(35-4)26(34-3)18-21(22)10-12-29(23)13-11-28(31)36-15-7-5-6-14-30;3-1(4)2(5)6/h8-9,17-19,23,30H,5-7,10-16H2,1-4H3;(H,3,4)(H,5,6). The number of fused-ring (bicyclic) bond motifs is 1. The summed E-state index contributed by atoms with van der Waals surface area (Å²) in [4.78, 5) is 32.9. The maximum atomic E-state index is 12.4. The molecule has 0 saturated heterocycles. The molecule has 1 heterocycles. The number of methoxy groups -OCH3 is 4. The monoisotopic (exact) mass is 591 g/mol. The molecule has 3 N–H and O–H groups in total. The highest BCUT2D eigenvalue weighted by Gasteiger charge is 2.30. The van der Waals surface area contributed by atoms with Gasteiger partial charge in [0.2, 0.25) is 0 Å². The molecule has 2 aromatic carbocycles. The van der Waals surface area contributed by atoms with E-state index in [4.69, 9.17) is 48.6 Å². The number of carboxylic acid groups (broad SMARTS) is 2. The molecule has 0 amide bonds. The van der Waals surface area contributed by atoms with E-state index in [2.05, 4.69) is 23.1 Å². The molecular formula is C30H41NO11. The van der Waals surface area contributed by atoms with Gasteiger partial charge in [0.25, 0.3) is 0 Å². The van der Waals surface area contributed by atoms with Gasteiger partial charge in [-0.25, -0.2) is 9.59 Å². The van der Waals surface area contributed by atoms with E-state index in [1.54, 1.807) is 28.4 Å². The Balaban J connectivity index is 0.000000928. The van der Waals surface area contributed by atoms with Crippen molar-refractivity contribution in [1.29, 1.82) is 0 Å². The van der Waals surface area contributed by atoms with Crippen LogP contribution in [-0.2, 0) is 32.0 Å². The first kappa shape index (κ1) is 34.2. The van der Waals surface area contributed by atoms with E-state index in [-0.39, 0.29) is 18.6 Å². The summed E-state index contributed by atoms with van der Waals surface area (Å²) >= 11 is 0. The molecule has 0 saturated carbocycles. The Morgan fingerprint density at radius 2 is 1.45 bits per heavy atom. The Hall–Kier alpha value is -4.03. The van der Waals surface area contributed by atoms with Gasteiger partial charge < -0.3 is 39.0 Å². The minimum atomic E-state index is -1.82. The first-order valence-electron chi connectivity index (χ1n) is 13.6. The topological polar surface area (TPSA) is 161 Å². The summed E-state index contributed by atoms with van der Waals surface area (Å²) in [5.74, 6) is -1.05. The predicted octanol–water partition coefficient (Wildman–Crippen LogP) is 3.11. The third kappa shape index (κ3) is 10.1. The molecule has 1 aliphatic heterocycles. The normalized spacial score (nSPS) is 14.1. The number of aliphatic hydroxyl groups is 1. The molecule has 2 aromatic rings. The third-order valence-corrected chi connectivity index (χ3v) is 6.84. The Labute approximate surface area is 245 Å². The van der Waals surface area contributed by atoms with Crippen molar-refractivity contribution >= 4 is 17.9 Å². The summed E-state index contributed by atoms with van der Waals surface area (Å²) in [6.45, 7) is 1.99. The van der Waals surface area contributed by atoms with E-state index in [0.29, 0.717) is 36.8 Å². The van der Waals surface area contributed by atoms with Crippen LogP contribution in [0.1, 0.15) is 48.4 Å². The summed E-state index contributed by atoms with van der Waals surface area (Å²) in [6.07, 6.45) is 4.27. The fourth-order valence-electron chi connectivity index (χ4n) is 4.70. The highest BCUT2D eigenvalue weighted by Crippen LogP contribution is 2.40. The van der Waals surface area contributed by atoms with Crippen molar-refractivity contribution in [3.8, 4) is 23.0 Å². The lowest BCUT2D eigenvalue weighted by atomic mass is 9.88. The average molecular weight is 592 g/mol. The highest BCUT2D eigenvalue weighted by molar-refractivity contribution is 6.27. The zero-order valence-electron chi connectivity index (χ0n) is 24.6. The van der Waals surface area contributed by atoms with E-state index in [0.717, 1.165) is 50.0 Å². The van der Waals surface area contributed by atoms with Crippen LogP contribution in [0.25, 0.3) is 0 Å². The van der Waals surface area contributed by atoms with Crippen LogP contribution in [0, 0.1) is 0 Å². The van der Waals surface area contributed by atoms with Crippen molar-refractivity contribution in [2.75, 3.05) is 54.7 Å².